The van der Waals surface area contributed by atoms with Crippen LogP contribution in [-0.4, -0.2) is 35.4 Å². The summed E-state index contributed by atoms with van der Waals surface area (Å²) < 4.78 is 16.5. The molecule has 0 spiro atoms. The van der Waals surface area contributed by atoms with Crippen molar-refractivity contribution in [3.8, 4) is 22.8 Å². The highest BCUT2D eigenvalue weighted by molar-refractivity contribution is 6.08. The topological polar surface area (TPSA) is 90.5 Å². The molecular formula is C24H18FN7O. The van der Waals surface area contributed by atoms with Gasteiger partial charge in [-0.05, 0) is 49.4 Å². The zero-order chi connectivity index (χ0) is 22.8. The van der Waals surface area contributed by atoms with Gasteiger partial charge in [0.25, 0.3) is 5.91 Å². The Kier molecular flexibility index (Phi) is 5.19. The van der Waals surface area contributed by atoms with Gasteiger partial charge in [-0.25, -0.2) is 23.7 Å². The molecule has 0 aliphatic heterocycles. The summed E-state index contributed by atoms with van der Waals surface area (Å²) >= 11 is 0. The highest BCUT2D eigenvalue weighted by Gasteiger charge is 2.19. The molecule has 1 amide bonds. The molecule has 0 aliphatic carbocycles. The van der Waals surface area contributed by atoms with Gasteiger partial charge in [-0.3, -0.25) is 4.79 Å². The Bertz CT molecular complexity index is 1410. The minimum absolute atomic E-state index is 0.338. The Balaban J connectivity index is 1.49. The number of pyridine rings is 1. The molecule has 1 N–H and O–H groups in total. The monoisotopic (exact) mass is 439 g/mol. The van der Waals surface area contributed by atoms with Gasteiger partial charge in [-0.15, -0.1) is 0 Å². The van der Waals surface area contributed by atoms with Crippen molar-refractivity contribution in [2.75, 3.05) is 5.32 Å². The van der Waals surface area contributed by atoms with Crippen molar-refractivity contribution < 1.29 is 9.18 Å². The van der Waals surface area contributed by atoms with Crippen LogP contribution < -0.4 is 5.32 Å². The second kappa shape index (κ2) is 8.46. The predicted molar refractivity (Wildman–Crippen MR) is 121 cm³/mol. The zero-order valence-corrected chi connectivity index (χ0v) is 17.6. The van der Waals surface area contributed by atoms with Crippen molar-refractivity contribution >= 4 is 11.6 Å². The molecular weight excluding hydrogens is 421 g/mol. The number of carbonyl (C=O) groups is 1. The first-order chi connectivity index (χ1) is 16.1. The summed E-state index contributed by atoms with van der Waals surface area (Å²) in [7, 11) is 0. The fourth-order valence-electron chi connectivity index (χ4n) is 3.39. The zero-order valence-electron chi connectivity index (χ0n) is 17.6. The molecule has 0 bridgehead atoms. The number of aryl methyl sites for hydroxylation is 1. The van der Waals surface area contributed by atoms with E-state index in [9.17, 15) is 9.18 Å². The van der Waals surface area contributed by atoms with Crippen LogP contribution in [0, 0.1) is 12.7 Å². The number of nitrogens with zero attached hydrogens (tertiary/aromatic N) is 6. The first-order valence-electron chi connectivity index (χ1n) is 10.1. The average molecular weight is 439 g/mol. The van der Waals surface area contributed by atoms with E-state index in [0.717, 1.165) is 11.1 Å². The third kappa shape index (κ3) is 4.24. The lowest BCUT2D eigenvalue weighted by atomic mass is 10.1. The molecule has 3 heterocycles. The van der Waals surface area contributed by atoms with Crippen molar-refractivity contribution in [1.29, 1.82) is 0 Å². The van der Waals surface area contributed by atoms with Crippen LogP contribution in [-0.2, 0) is 0 Å². The summed E-state index contributed by atoms with van der Waals surface area (Å²) in [4.78, 5) is 21.4. The Morgan fingerprint density at radius 3 is 2.58 bits per heavy atom. The summed E-state index contributed by atoms with van der Waals surface area (Å²) in [5.74, 6) is -0.102. The first kappa shape index (κ1) is 20.3. The molecule has 0 aliphatic rings. The Morgan fingerprint density at radius 2 is 1.88 bits per heavy atom. The maximum Gasteiger partial charge on any atom is 0.259 e. The maximum absolute atomic E-state index is 13.4. The number of carbonyl (C=O) groups excluding carboxylic acids is 1. The number of amides is 1. The van der Waals surface area contributed by atoms with Crippen LogP contribution in [0.2, 0.25) is 0 Å². The molecule has 0 fully saturated rings. The van der Waals surface area contributed by atoms with Crippen LogP contribution in [0.3, 0.4) is 0 Å². The van der Waals surface area contributed by atoms with Gasteiger partial charge in [-0.1, -0.05) is 23.8 Å². The SMILES string of the molecule is Cc1cccc(-c2nn(-c3ccc(F)cc3)cc2C(=O)Nc2ccc(-n3cncn3)nc2)c1. The summed E-state index contributed by atoms with van der Waals surface area (Å²) in [5, 5.41) is 11.5. The molecule has 0 unspecified atom stereocenters. The minimum Gasteiger partial charge on any atom is -0.320 e. The first-order valence-corrected chi connectivity index (χ1v) is 10.1. The van der Waals surface area contributed by atoms with Gasteiger partial charge in [0.1, 0.15) is 24.2 Å². The summed E-state index contributed by atoms with van der Waals surface area (Å²) in [6, 6.07) is 17.1. The van der Waals surface area contributed by atoms with E-state index in [1.54, 1.807) is 47.7 Å². The van der Waals surface area contributed by atoms with Crippen LogP contribution in [0.15, 0.2) is 85.7 Å². The van der Waals surface area contributed by atoms with Crippen molar-refractivity contribution in [2.24, 2.45) is 0 Å². The lowest BCUT2D eigenvalue weighted by Crippen LogP contribution is -2.13. The molecule has 33 heavy (non-hydrogen) atoms. The van der Waals surface area contributed by atoms with Gasteiger partial charge < -0.3 is 5.32 Å². The normalized spacial score (nSPS) is 10.8. The number of rotatable bonds is 5. The second-order valence-electron chi connectivity index (χ2n) is 7.38. The quantitative estimate of drug-likeness (QED) is 0.443. The van der Waals surface area contributed by atoms with Crippen LogP contribution >= 0.6 is 0 Å². The number of hydrogen-bond acceptors (Lipinski definition) is 5. The highest BCUT2D eigenvalue weighted by Crippen LogP contribution is 2.26. The van der Waals surface area contributed by atoms with E-state index >= 15 is 0 Å². The van der Waals surface area contributed by atoms with E-state index in [1.165, 1.54) is 23.1 Å². The van der Waals surface area contributed by atoms with Crippen LogP contribution in [0.25, 0.3) is 22.8 Å². The Labute approximate surface area is 188 Å². The number of nitrogens with one attached hydrogen (secondary N) is 1. The summed E-state index contributed by atoms with van der Waals surface area (Å²) in [5.41, 5.74) is 3.92. The lowest BCUT2D eigenvalue weighted by Gasteiger charge is -2.06. The second-order valence-corrected chi connectivity index (χ2v) is 7.38. The molecule has 0 saturated carbocycles. The van der Waals surface area contributed by atoms with Gasteiger partial charge in [-0.2, -0.15) is 10.2 Å². The molecule has 5 aromatic rings. The number of halogens is 1. The fraction of sp³-hybridized carbons (Fsp3) is 0.0417. The molecule has 3 aromatic heterocycles. The molecule has 5 rings (SSSR count). The van der Waals surface area contributed by atoms with Crippen LogP contribution in [0.5, 0.6) is 0 Å². The number of hydrogen-bond donors (Lipinski definition) is 1. The predicted octanol–water partition coefficient (Wildman–Crippen LogP) is 4.21. The smallest absolute Gasteiger partial charge is 0.259 e. The number of benzene rings is 2. The van der Waals surface area contributed by atoms with E-state index in [1.807, 2.05) is 31.2 Å². The van der Waals surface area contributed by atoms with Crippen molar-refractivity contribution in [2.45, 2.75) is 6.92 Å². The minimum atomic E-state index is -0.343. The van der Waals surface area contributed by atoms with E-state index in [2.05, 4.69) is 25.5 Å². The number of anilines is 1. The molecule has 8 nitrogen and oxygen atoms in total. The lowest BCUT2D eigenvalue weighted by molar-refractivity contribution is 0.102. The van der Waals surface area contributed by atoms with Crippen molar-refractivity contribution in [1.82, 2.24) is 29.5 Å². The molecule has 0 atom stereocenters. The van der Waals surface area contributed by atoms with Crippen molar-refractivity contribution in [3.63, 3.8) is 0 Å². The van der Waals surface area contributed by atoms with Gasteiger partial charge >= 0.3 is 0 Å². The molecule has 2 aromatic carbocycles. The van der Waals surface area contributed by atoms with E-state index in [4.69, 9.17) is 0 Å². The Morgan fingerprint density at radius 1 is 1.03 bits per heavy atom. The standard InChI is InChI=1S/C24H18FN7O/c1-16-3-2-4-17(11-16)23-21(13-31(30-23)20-8-5-18(25)6-9-20)24(33)29-19-7-10-22(27-12-19)32-15-26-14-28-32/h2-15H,1H3,(H,29,33). The molecule has 0 radical (unpaired) electrons. The summed E-state index contributed by atoms with van der Waals surface area (Å²) in [6.45, 7) is 1.97. The van der Waals surface area contributed by atoms with Gasteiger partial charge in [0.2, 0.25) is 0 Å². The highest BCUT2D eigenvalue weighted by atomic mass is 19.1. The van der Waals surface area contributed by atoms with E-state index in [0.29, 0.717) is 28.5 Å². The fourth-order valence-corrected chi connectivity index (χ4v) is 3.39. The van der Waals surface area contributed by atoms with Gasteiger partial charge in [0.15, 0.2) is 5.82 Å². The molecule has 9 heteroatoms. The van der Waals surface area contributed by atoms with Crippen molar-refractivity contribution in [3.05, 3.63) is 103 Å². The van der Waals surface area contributed by atoms with Gasteiger partial charge in [0.05, 0.1) is 23.1 Å². The number of aromatic nitrogens is 6. The summed E-state index contributed by atoms with van der Waals surface area (Å²) in [6.07, 6.45) is 6.14. The maximum atomic E-state index is 13.4. The van der Waals surface area contributed by atoms with Gasteiger partial charge in [0, 0.05) is 11.8 Å². The average Bonchev–Trinajstić information content (AvgIpc) is 3.51. The third-order valence-electron chi connectivity index (χ3n) is 5.00. The van der Waals surface area contributed by atoms with E-state index < -0.39 is 0 Å². The van der Waals surface area contributed by atoms with Crippen LogP contribution in [0.4, 0.5) is 10.1 Å². The molecule has 162 valence electrons. The largest absolute Gasteiger partial charge is 0.320 e. The van der Waals surface area contributed by atoms with Crippen LogP contribution in [0.1, 0.15) is 15.9 Å². The van der Waals surface area contributed by atoms with E-state index in [-0.39, 0.29) is 11.7 Å². The Hall–Kier alpha value is -4.66. The molecule has 0 saturated heterocycles. The third-order valence-corrected chi connectivity index (χ3v) is 5.00.